The third-order valence-corrected chi connectivity index (χ3v) is 7.12. The maximum absolute atomic E-state index is 12.7. The van der Waals surface area contributed by atoms with Gasteiger partial charge in [0.2, 0.25) is 10.0 Å². The average molecular weight is 333 g/mol. The van der Waals surface area contributed by atoms with Gasteiger partial charge >= 0.3 is 0 Å². The van der Waals surface area contributed by atoms with Gasteiger partial charge in [-0.3, -0.25) is 0 Å². The molecule has 2 heterocycles. The molecule has 1 atom stereocenters. The zero-order valence-electron chi connectivity index (χ0n) is 13.6. The van der Waals surface area contributed by atoms with Crippen LogP contribution in [0.25, 0.3) is 0 Å². The minimum Gasteiger partial charge on any atom is -0.313 e. The molecule has 5 nitrogen and oxygen atoms in total. The first kappa shape index (κ1) is 16.4. The van der Waals surface area contributed by atoms with Crippen molar-refractivity contribution in [3.63, 3.8) is 0 Å². The van der Waals surface area contributed by atoms with Crippen molar-refractivity contribution in [2.24, 2.45) is 11.3 Å². The summed E-state index contributed by atoms with van der Waals surface area (Å²) in [7, 11) is -3.45. The van der Waals surface area contributed by atoms with Crippen LogP contribution in [-0.2, 0) is 10.0 Å². The number of hydrogen-bond acceptors (Lipinski definition) is 4. The summed E-state index contributed by atoms with van der Waals surface area (Å²) >= 11 is 0. The van der Waals surface area contributed by atoms with Gasteiger partial charge in [-0.15, -0.1) is 0 Å². The molecule has 0 aromatic heterocycles. The van der Waals surface area contributed by atoms with E-state index in [1.807, 2.05) is 6.07 Å². The fourth-order valence-corrected chi connectivity index (χ4v) is 5.20. The first-order chi connectivity index (χ1) is 10.8. The van der Waals surface area contributed by atoms with Crippen molar-refractivity contribution in [2.75, 3.05) is 19.6 Å². The van der Waals surface area contributed by atoms with E-state index in [-0.39, 0.29) is 4.90 Å². The summed E-state index contributed by atoms with van der Waals surface area (Å²) in [6.07, 6.45) is 1.80. The number of nitrogens with zero attached hydrogens (tertiary/aromatic N) is 2. The largest absolute Gasteiger partial charge is 0.313 e. The third kappa shape index (κ3) is 3.01. The van der Waals surface area contributed by atoms with Crippen LogP contribution in [0.1, 0.15) is 32.3 Å². The van der Waals surface area contributed by atoms with Crippen LogP contribution < -0.4 is 5.32 Å². The van der Waals surface area contributed by atoms with Crippen LogP contribution in [0.15, 0.2) is 29.2 Å². The number of benzene rings is 1. The number of rotatable bonds is 3. The molecule has 23 heavy (non-hydrogen) atoms. The number of hydrogen-bond donors (Lipinski definition) is 1. The molecule has 0 saturated carbocycles. The zero-order valence-corrected chi connectivity index (χ0v) is 14.4. The fraction of sp³-hybridized carbons (Fsp3) is 0.588. The van der Waals surface area contributed by atoms with Gasteiger partial charge in [0.05, 0.1) is 16.5 Å². The molecule has 0 aliphatic carbocycles. The number of nitriles is 1. The molecule has 2 saturated heterocycles. The summed E-state index contributed by atoms with van der Waals surface area (Å²) < 4.78 is 27.0. The molecule has 0 bridgehead atoms. The molecule has 0 radical (unpaired) electrons. The van der Waals surface area contributed by atoms with Crippen molar-refractivity contribution in [3.05, 3.63) is 29.8 Å². The Bertz CT molecular complexity index is 711. The Balaban J connectivity index is 1.67. The van der Waals surface area contributed by atoms with E-state index < -0.39 is 10.0 Å². The van der Waals surface area contributed by atoms with E-state index in [0.717, 1.165) is 19.4 Å². The van der Waals surface area contributed by atoms with Gasteiger partial charge in [-0.25, -0.2) is 8.42 Å². The highest BCUT2D eigenvalue weighted by Gasteiger charge is 2.44. The molecule has 0 spiro atoms. The predicted octanol–water partition coefficient (Wildman–Crippen LogP) is 1.96. The summed E-state index contributed by atoms with van der Waals surface area (Å²) in [5.41, 5.74) is 0.791. The molecule has 2 aliphatic rings. The van der Waals surface area contributed by atoms with E-state index in [9.17, 15) is 8.42 Å². The predicted molar refractivity (Wildman–Crippen MR) is 88.2 cm³/mol. The van der Waals surface area contributed by atoms with Crippen LogP contribution in [0.5, 0.6) is 0 Å². The average Bonchev–Trinajstić information content (AvgIpc) is 2.54. The van der Waals surface area contributed by atoms with Crippen molar-refractivity contribution >= 4 is 10.0 Å². The molecular formula is C17H23N3O2S. The fourth-order valence-electron chi connectivity index (χ4n) is 3.73. The minimum absolute atomic E-state index is 0.275. The van der Waals surface area contributed by atoms with Gasteiger partial charge in [0, 0.05) is 25.7 Å². The lowest BCUT2D eigenvalue weighted by Crippen LogP contribution is -2.63. The molecule has 1 N–H and O–H groups in total. The van der Waals surface area contributed by atoms with E-state index in [4.69, 9.17) is 5.26 Å². The summed E-state index contributed by atoms with van der Waals surface area (Å²) in [5, 5.41) is 12.3. The van der Waals surface area contributed by atoms with E-state index in [1.165, 1.54) is 12.1 Å². The Hall–Kier alpha value is -1.42. The van der Waals surface area contributed by atoms with E-state index in [1.54, 1.807) is 16.4 Å². The van der Waals surface area contributed by atoms with Gasteiger partial charge in [-0.1, -0.05) is 13.8 Å². The molecule has 3 rings (SSSR count). The van der Waals surface area contributed by atoms with Crippen molar-refractivity contribution < 1.29 is 8.42 Å². The molecule has 1 unspecified atom stereocenters. The maximum atomic E-state index is 12.7. The molecular weight excluding hydrogens is 310 g/mol. The van der Waals surface area contributed by atoms with Crippen LogP contribution >= 0.6 is 0 Å². The molecule has 2 fully saturated rings. The summed E-state index contributed by atoms with van der Waals surface area (Å²) in [6, 6.07) is 8.67. The second-order valence-corrected chi connectivity index (χ2v) is 9.16. The van der Waals surface area contributed by atoms with Crippen molar-refractivity contribution in [1.29, 1.82) is 5.26 Å². The summed E-state index contributed by atoms with van der Waals surface area (Å²) in [5.74, 6) is 0.547. The topological polar surface area (TPSA) is 73.2 Å². The van der Waals surface area contributed by atoms with E-state index >= 15 is 0 Å². The minimum atomic E-state index is -3.45. The highest BCUT2D eigenvalue weighted by atomic mass is 32.2. The summed E-state index contributed by atoms with van der Waals surface area (Å²) in [4.78, 5) is 0.275. The second-order valence-electron chi connectivity index (χ2n) is 7.22. The van der Waals surface area contributed by atoms with Gasteiger partial charge in [-0.2, -0.15) is 9.57 Å². The van der Waals surface area contributed by atoms with Gasteiger partial charge in [0.1, 0.15) is 0 Å². The Kier molecular flexibility index (Phi) is 4.21. The molecule has 1 aromatic rings. The SMILES string of the molecule is CC1(C)CNC1C1CCN(S(=O)(=O)c2ccc(C#N)cc2)CC1. The number of sulfonamides is 1. The lowest BCUT2D eigenvalue weighted by atomic mass is 9.69. The highest BCUT2D eigenvalue weighted by Crippen LogP contribution is 2.38. The normalized spacial score (nSPS) is 25.5. The van der Waals surface area contributed by atoms with Crippen molar-refractivity contribution in [2.45, 2.75) is 37.6 Å². The number of piperidine rings is 1. The van der Waals surface area contributed by atoms with Gasteiger partial charge < -0.3 is 5.32 Å². The van der Waals surface area contributed by atoms with Crippen LogP contribution in [0, 0.1) is 22.7 Å². The van der Waals surface area contributed by atoms with Crippen LogP contribution in [0.2, 0.25) is 0 Å². The van der Waals surface area contributed by atoms with Gasteiger partial charge in [0.15, 0.2) is 0 Å². The van der Waals surface area contributed by atoms with Crippen LogP contribution in [-0.4, -0.2) is 38.4 Å². The van der Waals surface area contributed by atoms with Crippen molar-refractivity contribution in [1.82, 2.24) is 9.62 Å². The Morgan fingerprint density at radius 1 is 1.22 bits per heavy atom. The van der Waals surface area contributed by atoms with E-state index in [0.29, 0.717) is 36.0 Å². The Morgan fingerprint density at radius 3 is 2.26 bits per heavy atom. The highest BCUT2D eigenvalue weighted by molar-refractivity contribution is 7.89. The first-order valence-electron chi connectivity index (χ1n) is 8.08. The molecule has 124 valence electrons. The maximum Gasteiger partial charge on any atom is 0.243 e. The van der Waals surface area contributed by atoms with Gasteiger partial charge in [-0.05, 0) is 48.4 Å². The molecule has 6 heteroatoms. The van der Waals surface area contributed by atoms with E-state index in [2.05, 4.69) is 19.2 Å². The third-order valence-electron chi connectivity index (χ3n) is 5.21. The second kappa shape index (κ2) is 5.90. The van der Waals surface area contributed by atoms with Crippen LogP contribution in [0.4, 0.5) is 0 Å². The van der Waals surface area contributed by atoms with Crippen LogP contribution in [0.3, 0.4) is 0 Å². The number of nitrogens with one attached hydrogen (secondary N) is 1. The lowest BCUT2D eigenvalue weighted by Gasteiger charge is -2.51. The summed E-state index contributed by atoms with van der Waals surface area (Å²) in [6.45, 7) is 6.73. The lowest BCUT2D eigenvalue weighted by molar-refractivity contribution is 0.0518. The molecule has 2 aliphatic heterocycles. The smallest absolute Gasteiger partial charge is 0.243 e. The Labute approximate surface area is 138 Å². The van der Waals surface area contributed by atoms with Gasteiger partial charge in [0.25, 0.3) is 0 Å². The monoisotopic (exact) mass is 333 g/mol. The quantitative estimate of drug-likeness (QED) is 0.918. The molecule has 0 amide bonds. The van der Waals surface area contributed by atoms with Crippen molar-refractivity contribution in [3.8, 4) is 6.07 Å². The standard InChI is InChI=1S/C17H23N3O2S/c1-17(2)12-19-16(17)14-7-9-20(10-8-14)23(21,22)15-5-3-13(11-18)4-6-15/h3-6,14,16,19H,7-10,12H2,1-2H3. The molecule has 1 aromatic carbocycles. The first-order valence-corrected chi connectivity index (χ1v) is 9.52. The zero-order chi connectivity index (χ0) is 16.7. The Morgan fingerprint density at radius 2 is 1.83 bits per heavy atom.